The molecule has 0 saturated carbocycles. The molecule has 2 aromatic carbocycles. The van der Waals surface area contributed by atoms with E-state index in [0.717, 1.165) is 37.4 Å². The summed E-state index contributed by atoms with van der Waals surface area (Å²) in [5, 5.41) is 4.20. The second-order valence-corrected chi connectivity index (χ2v) is 15.5. The Hall–Kier alpha value is -3.32. The Bertz CT molecular complexity index is 1870. The van der Waals surface area contributed by atoms with Crippen molar-refractivity contribution in [2.24, 2.45) is 0 Å². The molecule has 6 rings (SSSR count). The van der Waals surface area contributed by atoms with Gasteiger partial charge in [-0.25, -0.2) is 4.98 Å². The largest absolute Gasteiger partial charge is 0.379 e. The van der Waals surface area contributed by atoms with E-state index in [9.17, 15) is 9.00 Å². The third-order valence-electron chi connectivity index (χ3n) is 8.77. The molecule has 2 aliphatic heterocycles. The first-order chi connectivity index (χ1) is 22.1. The Morgan fingerprint density at radius 1 is 1.04 bits per heavy atom. The molecule has 0 spiro atoms. The number of halogens is 1. The van der Waals surface area contributed by atoms with Crippen LogP contribution in [0.5, 0.6) is 0 Å². The maximum atomic E-state index is 14.2. The lowest BCUT2D eigenvalue weighted by atomic mass is 10.1. The highest BCUT2D eigenvalue weighted by Gasteiger charge is 2.21. The van der Waals surface area contributed by atoms with Crippen molar-refractivity contribution < 1.29 is 13.7 Å². The lowest BCUT2D eigenvalue weighted by Crippen LogP contribution is -2.39. The van der Waals surface area contributed by atoms with E-state index in [1.165, 1.54) is 0 Å². The molecule has 1 N–H and O–H groups in total. The Kier molecular flexibility index (Phi) is 9.79. The predicted octanol–water partition coefficient (Wildman–Crippen LogP) is 4.67. The van der Waals surface area contributed by atoms with Crippen molar-refractivity contribution in [3.8, 4) is 11.1 Å². The number of rotatable bonds is 9. The van der Waals surface area contributed by atoms with Crippen LogP contribution in [0.3, 0.4) is 0 Å². The van der Waals surface area contributed by atoms with Gasteiger partial charge in [0.1, 0.15) is 5.65 Å². The molecule has 12 heteroatoms. The van der Waals surface area contributed by atoms with Crippen molar-refractivity contribution in [2.45, 2.75) is 36.6 Å². The van der Waals surface area contributed by atoms with Gasteiger partial charge in [-0.05, 0) is 58.3 Å². The van der Waals surface area contributed by atoms with Crippen LogP contribution in [0.2, 0.25) is 5.02 Å². The topological polar surface area (TPSA) is 102 Å². The summed E-state index contributed by atoms with van der Waals surface area (Å²) in [6.07, 6.45) is 1.77. The van der Waals surface area contributed by atoms with Crippen molar-refractivity contribution in [2.75, 3.05) is 64.9 Å². The third-order valence-corrected chi connectivity index (χ3v) is 11.7. The van der Waals surface area contributed by atoms with Gasteiger partial charge in [-0.2, -0.15) is 4.98 Å². The van der Waals surface area contributed by atoms with Crippen LogP contribution >= 0.6 is 11.6 Å². The summed E-state index contributed by atoms with van der Waals surface area (Å²) < 4.78 is 26.4. The Morgan fingerprint density at radius 3 is 2.50 bits per heavy atom. The van der Waals surface area contributed by atoms with Gasteiger partial charge < -0.3 is 19.7 Å². The van der Waals surface area contributed by atoms with Gasteiger partial charge in [0.25, 0.3) is 5.56 Å². The minimum atomic E-state index is -2.53. The SMILES string of the molecule is C=S(=O)(c1ccc(-c2cc3cnc(Nc4ccc(C5CN(C)CCO5)cc4)nc3n(CCN3CCOCC3)c2=O)c(Cl)c1)C(C)C. The van der Waals surface area contributed by atoms with Gasteiger partial charge in [-0.3, -0.25) is 18.5 Å². The molecular weight excluding hydrogens is 624 g/mol. The zero-order valence-electron chi connectivity index (χ0n) is 26.6. The van der Waals surface area contributed by atoms with Gasteiger partial charge in [0.05, 0.1) is 25.9 Å². The molecule has 4 heterocycles. The number of fused-ring (bicyclic) bond motifs is 1. The number of nitrogens with zero attached hydrogens (tertiary/aromatic N) is 5. The quantitative estimate of drug-likeness (QED) is 0.256. The van der Waals surface area contributed by atoms with Crippen LogP contribution in [0.1, 0.15) is 25.5 Å². The molecular formula is C34H41ClN6O4S. The fourth-order valence-corrected chi connectivity index (χ4v) is 7.28. The monoisotopic (exact) mass is 664 g/mol. The molecule has 2 aliphatic rings. The summed E-state index contributed by atoms with van der Waals surface area (Å²) in [5.74, 6) is 4.34. The second kappa shape index (κ2) is 13.8. The Balaban J connectivity index is 1.34. The Labute approximate surface area is 275 Å². The Morgan fingerprint density at radius 2 is 1.80 bits per heavy atom. The number of nitrogens with one attached hydrogen (secondary N) is 1. The normalized spacial score (nSPS) is 19.4. The molecule has 0 aliphatic carbocycles. The molecule has 2 fully saturated rings. The average molecular weight is 665 g/mol. The van der Waals surface area contributed by atoms with Crippen LogP contribution < -0.4 is 10.9 Å². The van der Waals surface area contributed by atoms with Gasteiger partial charge in [0.2, 0.25) is 5.95 Å². The van der Waals surface area contributed by atoms with Crippen LogP contribution in [0.15, 0.2) is 64.4 Å². The highest BCUT2D eigenvalue weighted by Crippen LogP contribution is 2.31. The number of aromatic nitrogens is 3. The zero-order valence-corrected chi connectivity index (χ0v) is 28.1. The van der Waals surface area contributed by atoms with E-state index in [-0.39, 0.29) is 16.9 Å². The fourth-order valence-electron chi connectivity index (χ4n) is 5.78. The predicted molar refractivity (Wildman–Crippen MR) is 186 cm³/mol. The summed E-state index contributed by atoms with van der Waals surface area (Å²) in [7, 11) is -0.429. The molecule has 4 aromatic rings. The van der Waals surface area contributed by atoms with Crippen molar-refractivity contribution in [3.05, 3.63) is 75.7 Å². The smallest absolute Gasteiger partial charge is 0.260 e. The van der Waals surface area contributed by atoms with E-state index in [4.69, 9.17) is 26.1 Å². The molecule has 2 unspecified atom stereocenters. The lowest BCUT2D eigenvalue weighted by Gasteiger charge is -2.30. The molecule has 0 amide bonds. The minimum Gasteiger partial charge on any atom is -0.379 e. The number of benzene rings is 2. The number of likely N-dealkylation sites (N-methyl/N-ethyl adjacent to an activating group) is 1. The van der Waals surface area contributed by atoms with E-state index in [0.29, 0.717) is 70.9 Å². The number of hydrogen-bond donors (Lipinski definition) is 1. The van der Waals surface area contributed by atoms with Crippen molar-refractivity contribution in [1.29, 1.82) is 0 Å². The minimum absolute atomic E-state index is 0.0439. The summed E-state index contributed by atoms with van der Waals surface area (Å²) in [6, 6.07) is 15.1. The average Bonchev–Trinajstić information content (AvgIpc) is 3.05. The van der Waals surface area contributed by atoms with Gasteiger partial charge in [0, 0.05) is 82.8 Å². The van der Waals surface area contributed by atoms with Crippen molar-refractivity contribution >= 4 is 49.7 Å². The molecule has 2 saturated heterocycles. The first-order valence-corrected chi connectivity index (χ1v) is 17.8. The van der Waals surface area contributed by atoms with E-state index < -0.39 is 9.52 Å². The molecule has 0 radical (unpaired) electrons. The first kappa shape index (κ1) is 32.6. The van der Waals surface area contributed by atoms with Gasteiger partial charge in [-0.1, -0.05) is 43.6 Å². The van der Waals surface area contributed by atoms with Crippen LogP contribution in [0.4, 0.5) is 11.6 Å². The summed E-state index contributed by atoms with van der Waals surface area (Å²) in [6.45, 7) is 10.3. The number of hydrogen-bond acceptors (Lipinski definition) is 9. The number of anilines is 2. The summed E-state index contributed by atoms with van der Waals surface area (Å²) in [4.78, 5) is 28.7. The van der Waals surface area contributed by atoms with Crippen LogP contribution in [-0.4, -0.2) is 99.3 Å². The third kappa shape index (κ3) is 7.00. The van der Waals surface area contributed by atoms with Crippen LogP contribution in [0, 0.1) is 0 Å². The van der Waals surface area contributed by atoms with Gasteiger partial charge >= 0.3 is 0 Å². The maximum absolute atomic E-state index is 14.2. The number of pyridine rings is 1. The molecule has 0 bridgehead atoms. The van der Waals surface area contributed by atoms with Gasteiger partial charge in [0.15, 0.2) is 0 Å². The highest BCUT2D eigenvalue weighted by atomic mass is 35.5. The summed E-state index contributed by atoms with van der Waals surface area (Å²) >= 11 is 6.76. The van der Waals surface area contributed by atoms with E-state index in [1.54, 1.807) is 35.0 Å². The second-order valence-electron chi connectivity index (χ2n) is 12.2. The maximum Gasteiger partial charge on any atom is 0.260 e. The fraction of sp³-hybridized carbons (Fsp3) is 0.412. The van der Waals surface area contributed by atoms with E-state index in [1.807, 2.05) is 26.0 Å². The highest BCUT2D eigenvalue weighted by molar-refractivity contribution is 8.00. The van der Waals surface area contributed by atoms with Crippen LogP contribution in [-0.2, 0) is 25.5 Å². The number of morpholine rings is 2. The molecule has 244 valence electrons. The summed E-state index contributed by atoms with van der Waals surface area (Å²) in [5.41, 5.74) is 3.27. The van der Waals surface area contributed by atoms with Crippen molar-refractivity contribution in [3.63, 3.8) is 0 Å². The zero-order chi connectivity index (χ0) is 32.4. The van der Waals surface area contributed by atoms with Gasteiger partial charge in [-0.15, -0.1) is 0 Å². The lowest BCUT2D eigenvalue weighted by molar-refractivity contribution is -0.0208. The molecule has 46 heavy (non-hydrogen) atoms. The molecule has 2 aromatic heterocycles. The van der Waals surface area contributed by atoms with Crippen molar-refractivity contribution in [1.82, 2.24) is 24.3 Å². The van der Waals surface area contributed by atoms with E-state index in [2.05, 4.69) is 45.2 Å². The van der Waals surface area contributed by atoms with E-state index >= 15 is 0 Å². The first-order valence-electron chi connectivity index (χ1n) is 15.6. The molecule has 2 atom stereocenters. The standard InChI is InChI=1S/C34H41ClN6O4S/c1-23(2)46(4,43)27-9-10-28(30(35)20-27)29-19-25-21-36-34(37-26-7-5-24(6-8-26)31-22-39(3)13-18-45-31)38-32(25)41(33(29)42)12-11-40-14-16-44-17-15-40/h5-10,19-21,23,31H,4,11-18,22H2,1-3H3,(H,36,37,38). The molecule has 10 nitrogen and oxygen atoms in total. The van der Waals surface area contributed by atoms with Crippen LogP contribution in [0.25, 0.3) is 22.2 Å². The number of ether oxygens (including phenoxy) is 2.